The standard InChI is InChI=1S/C15H28N2O2/c1-12-7-9-17(11-14(12)18)10-8-15(19)16-13-5-3-2-4-6-13/h12-14,18H,2-11H2,1H3,(H,16,19). The monoisotopic (exact) mass is 268 g/mol. The van der Waals surface area contributed by atoms with Crippen molar-refractivity contribution >= 4 is 5.91 Å². The van der Waals surface area contributed by atoms with Crippen molar-refractivity contribution in [2.75, 3.05) is 19.6 Å². The Morgan fingerprint density at radius 2 is 2.00 bits per heavy atom. The van der Waals surface area contributed by atoms with Gasteiger partial charge >= 0.3 is 0 Å². The fraction of sp³-hybridized carbons (Fsp3) is 0.933. The molecule has 2 aliphatic rings. The lowest BCUT2D eigenvalue weighted by atomic mass is 9.95. The van der Waals surface area contributed by atoms with Crippen molar-refractivity contribution in [3.63, 3.8) is 0 Å². The van der Waals surface area contributed by atoms with Crippen LogP contribution in [0.1, 0.15) is 51.9 Å². The Balaban J connectivity index is 1.63. The lowest BCUT2D eigenvalue weighted by Gasteiger charge is -2.34. The van der Waals surface area contributed by atoms with E-state index in [1.54, 1.807) is 0 Å². The number of hydrogen-bond donors (Lipinski definition) is 2. The second kappa shape index (κ2) is 7.25. The lowest BCUT2D eigenvalue weighted by molar-refractivity contribution is -0.122. The van der Waals surface area contributed by atoms with Crippen LogP contribution in [0.5, 0.6) is 0 Å². The van der Waals surface area contributed by atoms with Gasteiger partial charge in [0.2, 0.25) is 5.91 Å². The van der Waals surface area contributed by atoms with Crippen molar-refractivity contribution in [1.82, 2.24) is 10.2 Å². The van der Waals surface area contributed by atoms with Crippen LogP contribution in [-0.2, 0) is 4.79 Å². The van der Waals surface area contributed by atoms with Crippen LogP contribution in [-0.4, -0.2) is 47.7 Å². The van der Waals surface area contributed by atoms with Gasteiger partial charge in [-0.2, -0.15) is 0 Å². The Bertz CT molecular complexity index is 290. The largest absolute Gasteiger partial charge is 0.392 e. The van der Waals surface area contributed by atoms with E-state index < -0.39 is 0 Å². The first-order valence-electron chi connectivity index (χ1n) is 7.85. The van der Waals surface area contributed by atoms with Gasteiger partial charge in [0, 0.05) is 25.6 Å². The average molecular weight is 268 g/mol. The minimum atomic E-state index is -0.227. The summed E-state index contributed by atoms with van der Waals surface area (Å²) in [5.74, 6) is 0.576. The van der Waals surface area contributed by atoms with Gasteiger partial charge in [0.15, 0.2) is 0 Å². The summed E-state index contributed by atoms with van der Waals surface area (Å²) in [4.78, 5) is 14.1. The quantitative estimate of drug-likeness (QED) is 0.813. The van der Waals surface area contributed by atoms with E-state index in [2.05, 4.69) is 17.1 Å². The molecule has 19 heavy (non-hydrogen) atoms. The predicted molar refractivity (Wildman–Crippen MR) is 75.9 cm³/mol. The molecule has 4 nitrogen and oxygen atoms in total. The van der Waals surface area contributed by atoms with Gasteiger partial charge in [-0.15, -0.1) is 0 Å². The molecule has 1 amide bonds. The van der Waals surface area contributed by atoms with Crippen molar-refractivity contribution < 1.29 is 9.90 Å². The molecule has 0 aromatic rings. The van der Waals surface area contributed by atoms with Crippen molar-refractivity contribution in [3.05, 3.63) is 0 Å². The van der Waals surface area contributed by atoms with E-state index in [-0.39, 0.29) is 12.0 Å². The Labute approximate surface area is 116 Å². The third kappa shape index (κ3) is 4.77. The summed E-state index contributed by atoms with van der Waals surface area (Å²) in [5.41, 5.74) is 0. The highest BCUT2D eigenvalue weighted by atomic mass is 16.3. The molecular formula is C15H28N2O2. The van der Waals surface area contributed by atoms with Crippen molar-refractivity contribution in [2.24, 2.45) is 5.92 Å². The highest BCUT2D eigenvalue weighted by molar-refractivity contribution is 5.76. The average Bonchev–Trinajstić information content (AvgIpc) is 2.41. The topological polar surface area (TPSA) is 52.6 Å². The number of carbonyl (C=O) groups excluding carboxylic acids is 1. The van der Waals surface area contributed by atoms with Gasteiger partial charge in [-0.25, -0.2) is 0 Å². The zero-order valence-corrected chi connectivity index (χ0v) is 12.1. The zero-order chi connectivity index (χ0) is 13.7. The summed E-state index contributed by atoms with van der Waals surface area (Å²) < 4.78 is 0. The van der Waals surface area contributed by atoms with Crippen LogP contribution >= 0.6 is 0 Å². The second-order valence-electron chi connectivity index (χ2n) is 6.29. The summed E-state index contributed by atoms with van der Waals surface area (Å²) >= 11 is 0. The van der Waals surface area contributed by atoms with E-state index in [4.69, 9.17) is 0 Å². The number of nitrogens with one attached hydrogen (secondary N) is 1. The van der Waals surface area contributed by atoms with Crippen LogP contribution in [0.4, 0.5) is 0 Å². The molecule has 1 aliphatic heterocycles. The van der Waals surface area contributed by atoms with Crippen molar-refractivity contribution in [3.8, 4) is 0 Å². The molecule has 1 saturated carbocycles. The molecule has 2 rings (SSSR count). The Hall–Kier alpha value is -0.610. The number of likely N-dealkylation sites (tertiary alicyclic amines) is 1. The predicted octanol–water partition coefficient (Wildman–Crippen LogP) is 1.53. The molecule has 1 heterocycles. The molecule has 0 spiro atoms. The SMILES string of the molecule is CC1CCN(CCC(=O)NC2CCCCC2)CC1O. The van der Waals surface area contributed by atoms with E-state index in [0.717, 1.165) is 38.9 Å². The molecule has 2 atom stereocenters. The molecule has 2 N–H and O–H groups in total. The van der Waals surface area contributed by atoms with E-state index in [1.165, 1.54) is 19.3 Å². The highest BCUT2D eigenvalue weighted by Crippen LogP contribution is 2.18. The molecule has 4 heteroatoms. The number of nitrogens with zero attached hydrogens (tertiary/aromatic N) is 1. The van der Waals surface area contributed by atoms with Crippen LogP contribution in [0.2, 0.25) is 0 Å². The number of rotatable bonds is 4. The first kappa shape index (κ1) is 14.8. The van der Waals surface area contributed by atoms with Gasteiger partial charge in [0.1, 0.15) is 0 Å². The van der Waals surface area contributed by atoms with E-state index >= 15 is 0 Å². The molecule has 0 aromatic carbocycles. The summed E-state index contributed by atoms with van der Waals surface area (Å²) in [6.07, 6.45) is 7.48. The molecule has 1 aliphatic carbocycles. The minimum Gasteiger partial charge on any atom is -0.392 e. The molecule has 2 unspecified atom stereocenters. The third-order valence-corrected chi connectivity index (χ3v) is 4.63. The van der Waals surface area contributed by atoms with Crippen LogP contribution in [0, 0.1) is 5.92 Å². The lowest BCUT2D eigenvalue weighted by Crippen LogP contribution is -2.44. The summed E-state index contributed by atoms with van der Waals surface area (Å²) in [5, 5.41) is 13.0. The van der Waals surface area contributed by atoms with Crippen LogP contribution in [0.25, 0.3) is 0 Å². The number of amides is 1. The first-order chi connectivity index (χ1) is 9.15. The maximum Gasteiger partial charge on any atom is 0.221 e. The normalized spacial score (nSPS) is 30.2. The fourth-order valence-corrected chi connectivity index (χ4v) is 3.12. The van der Waals surface area contributed by atoms with Crippen molar-refractivity contribution in [2.45, 2.75) is 64.0 Å². The van der Waals surface area contributed by atoms with Gasteiger partial charge in [-0.05, 0) is 31.7 Å². The molecule has 1 saturated heterocycles. The van der Waals surface area contributed by atoms with Crippen LogP contribution in [0.3, 0.4) is 0 Å². The van der Waals surface area contributed by atoms with Gasteiger partial charge in [-0.3, -0.25) is 4.79 Å². The number of aliphatic hydroxyl groups is 1. The highest BCUT2D eigenvalue weighted by Gasteiger charge is 2.24. The van der Waals surface area contributed by atoms with Crippen molar-refractivity contribution in [1.29, 1.82) is 0 Å². The van der Waals surface area contributed by atoms with Crippen LogP contribution in [0.15, 0.2) is 0 Å². The minimum absolute atomic E-state index is 0.181. The van der Waals surface area contributed by atoms with Crippen LogP contribution < -0.4 is 5.32 Å². The third-order valence-electron chi connectivity index (χ3n) is 4.63. The fourth-order valence-electron chi connectivity index (χ4n) is 3.12. The molecule has 0 aromatic heterocycles. The number of piperidine rings is 1. The number of aliphatic hydroxyl groups excluding tert-OH is 1. The van der Waals surface area contributed by atoms with E-state index in [0.29, 0.717) is 18.4 Å². The maximum absolute atomic E-state index is 11.9. The van der Waals surface area contributed by atoms with Gasteiger partial charge in [0.25, 0.3) is 0 Å². The molecule has 110 valence electrons. The summed E-state index contributed by atoms with van der Waals surface area (Å²) in [6.45, 7) is 4.60. The molecule has 2 fully saturated rings. The first-order valence-corrected chi connectivity index (χ1v) is 7.85. The number of β-amino-alcohol motifs (C(OH)–C–C–N with tert-alkyl or cyclic N) is 1. The summed E-state index contributed by atoms with van der Waals surface area (Å²) in [6, 6.07) is 0.410. The number of hydrogen-bond acceptors (Lipinski definition) is 3. The number of carbonyl (C=O) groups is 1. The maximum atomic E-state index is 11.9. The molecule has 0 radical (unpaired) electrons. The molecule has 0 bridgehead atoms. The second-order valence-corrected chi connectivity index (χ2v) is 6.29. The van der Waals surface area contributed by atoms with Gasteiger partial charge in [-0.1, -0.05) is 26.2 Å². The van der Waals surface area contributed by atoms with Gasteiger partial charge in [0.05, 0.1) is 6.10 Å². The Morgan fingerprint density at radius 3 is 2.68 bits per heavy atom. The zero-order valence-electron chi connectivity index (χ0n) is 12.1. The summed E-state index contributed by atoms with van der Waals surface area (Å²) in [7, 11) is 0. The van der Waals surface area contributed by atoms with E-state index in [1.807, 2.05) is 0 Å². The van der Waals surface area contributed by atoms with E-state index in [9.17, 15) is 9.90 Å². The Morgan fingerprint density at radius 1 is 1.26 bits per heavy atom. The molecular weight excluding hydrogens is 240 g/mol. The van der Waals surface area contributed by atoms with Gasteiger partial charge < -0.3 is 15.3 Å². The smallest absolute Gasteiger partial charge is 0.221 e. The Kier molecular flexibility index (Phi) is 5.64.